The van der Waals surface area contributed by atoms with Gasteiger partial charge in [0.15, 0.2) is 5.82 Å². The number of anilines is 1. The van der Waals surface area contributed by atoms with Gasteiger partial charge in [0.1, 0.15) is 0 Å². The van der Waals surface area contributed by atoms with Crippen LogP contribution in [0.4, 0.5) is 5.82 Å². The Bertz CT molecular complexity index is 290. The average Bonchev–Trinajstić information content (AvgIpc) is 2.32. The molecular weight excluding hydrogens is 154 g/mol. The molecule has 0 bridgehead atoms. The van der Waals surface area contributed by atoms with Crippen molar-refractivity contribution in [1.82, 2.24) is 10.2 Å². The summed E-state index contributed by atoms with van der Waals surface area (Å²) in [7, 11) is 0. The summed E-state index contributed by atoms with van der Waals surface area (Å²) in [5, 5.41) is 9.48. The third kappa shape index (κ3) is 1.64. The highest BCUT2D eigenvalue weighted by molar-refractivity contribution is 5.88. The van der Waals surface area contributed by atoms with E-state index in [4.69, 9.17) is 0 Å². The van der Waals surface area contributed by atoms with E-state index in [2.05, 4.69) is 15.5 Å². The molecule has 12 heavy (non-hydrogen) atoms. The molecular formula is C8H13N3O. The molecule has 1 amide bonds. The molecule has 0 saturated heterocycles. The zero-order valence-electron chi connectivity index (χ0n) is 7.56. The van der Waals surface area contributed by atoms with E-state index in [1.807, 2.05) is 13.8 Å². The van der Waals surface area contributed by atoms with Crippen LogP contribution in [0.1, 0.15) is 25.1 Å². The van der Waals surface area contributed by atoms with Crippen molar-refractivity contribution in [1.29, 1.82) is 0 Å². The topological polar surface area (TPSA) is 57.8 Å². The summed E-state index contributed by atoms with van der Waals surface area (Å²) in [4.78, 5) is 10.7. The van der Waals surface area contributed by atoms with Crippen LogP contribution in [0.15, 0.2) is 0 Å². The number of rotatable bonds is 2. The molecule has 0 aliphatic carbocycles. The Hall–Kier alpha value is -1.32. The Morgan fingerprint density at radius 1 is 1.67 bits per heavy atom. The smallest absolute Gasteiger partial charge is 0.222 e. The lowest BCUT2D eigenvalue weighted by atomic mass is 10.2. The van der Waals surface area contributed by atoms with Gasteiger partial charge in [0.25, 0.3) is 0 Å². The van der Waals surface area contributed by atoms with E-state index in [1.165, 1.54) is 6.92 Å². The maximum absolute atomic E-state index is 10.7. The third-order valence-corrected chi connectivity index (χ3v) is 1.76. The molecule has 0 aliphatic rings. The highest BCUT2D eigenvalue weighted by Crippen LogP contribution is 2.14. The van der Waals surface area contributed by atoms with Gasteiger partial charge in [0.2, 0.25) is 5.91 Å². The van der Waals surface area contributed by atoms with E-state index in [0.29, 0.717) is 5.82 Å². The standard InChI is InChI=1S/C8H13N3O/c1-4-7-5(2)8(11-10-7)9-6(3)12/h4H2,1-3H3,(H2,9,10,11,12). The highest BCUT2D eigenvalue weighted by atomic mass is 16.1. The van der Waals surface area contributed by atoms with Crippen LogP contribution >= 0.6 is 0 Å². The summed E-state index contributed by atoms with van der Waals surface area (Å²) in [5.41, 5.74) is 2.09. The van der Waals surface area contributed by atoms with Crippen molar-refractivity contribution < 1.29 is 4.79 Å². The van der Waals surface area contributed by atoms with Crippen molar-refractivity contribution in [2.24, 2.45) is 0 Å². The maximum Gasteiger partial charge on any atom is 0.222 e. The Labute approximate surface area is 71.4 Å². The first kappa shape index (κ1) is 8.77. The van der Waals surface area contributed by atoms with Crippen LogP contribution in [0.25, 0.3) is 0 Å². The molecule has 4 heteroatoms. The molecule has 0 fully saturated rings. The van der Waals surface area contributed by atoms with Crippen molar-refractivity contribution in [3.8, 4) is 0 Å². The fourth-order valence-electron chi connectivity index (χ4n) is 1.07. The van der Waals surface area contributed by atoms with E-state index in [1.54, 1.807) is 0 Å². The Morgan fingerprint density at radius 3 is 2.75 bits per heavy atom. The van der Waals surface area contributed by atoms with Crippen LogP contribution in [0.5, 0.6) is 0 Å². The zero-order valence-corrected chi connectivity index (χ0v) is 7.56. The monoisotopic (exact) mass is 167 g/mol. The van der Waals surface area contributed by atoms with Crippen LogP contribution in [0, 0.1) is 6.92 Å². The molecule has 0 aliphatic heterocycles. The third-order valence-electron chi connectivity index (χ3n) is 1.76. The van der Waals surface area contributed by atoms with Gasteiger partial charge in [-0.05, 0) is 13.3 Å². The predicted octanol–water partition coefficient (Wildman–Crippen LogP) is 1.24. The summed E-state index contributed by atoms with van der Waals surface area (Å²) >= 11 is 0. The van der Waals surface area contributed by atoms with E-state index in [-0.39, 0.29) is 5.91 Å². The van der Waals surface area contributed by atoms with Crippen LogP contribution in [-0.2, 0) is 11.2 Å². The lowest BCUT2D eigenvalue weighted by Gasteiger charge is -1.97. The number of nitrogens with zero attached hydrogens (tertiary/aromatic N) is 1. The number of carbonyl (C=O) groups excluding carboxylic acids is 1. The van der Waals surface area contributed by atoms with E-state index < -0.39 is 0 Å². The van der Waals surface area contributed by atoms with Gasteiger partial charge in [-0.3, -0.25) is 9.89 Å². The average molecular weight is 167 g/mol. The summed E-state index contributed by atoms with van der Waals surface area (Å²) in [6.07, 6.45) is 0.901. The number of nitrogens with one attached hydrogen (secondary N) is 2. The minimum absolute atomic E-state index is 0.0905. The van der Waals surface area contributed by atoms with E-state index in [9.17, 15) is 4.79 Å². The predicted molar refractivity (Wildman–Crippen MR) is 47.0 cm³/mol. The second kappa shape index (κ2) is 3.38. The fraction of sp³-hybridized carbons (Fsp3) is 0.500. The minimum atomic E-state index is -0.0905. The number of aromatic amines is 1. The minimum Gasteiger partial charge on any atom is -0.309 e. The Morgan fingerprint density at radius 2 is 2.33 bits per heavy atom. The quantitative estimate of drug-likeness (QED) is 0.696. The van der Waals surface area contributed by atoms with Crippen molar-refractivity contribution in [2.45, 2.75) is 27.2 Å². The molecule has 66 valence electrons. The normalized spacial score (nSPS) is 9.92. The molecule has 1 aromatic rings. The first-order chi connectivity index (χ1) is 5.65. The number of aryl methyl sites for hydroxylation is 1. The zero-order chi connectivity index (χ0) is 9.14. The summed E-state index contributed by atoms with van der Waals surface area (Å²) in [6, 6.07) is 0. The SMILES string of the molecule is CCc1[nH]nc(NC(C)=O)c1C. The molecule has 2 N–H and O–H groups in total. The van der Waals surface area contributed by atoms with Crippen molar-refractivity contribution >= 4 is 11.7 Å². The summed E-state index contributed by atoms with van der Waals surface area (Å²) in [5.74, 6) is 0.548. The van der Waals surface area contributed by atoms with Gasteiger partial charge in [-0.25, -0.2) is 0 Å². The first-order valence-corrected chi connectivity index (χ1v) is 3.96. The van der Waals surface area contributed by atoms with Gasteiger partial charge in [-0.2, -0.15) is 5.10 Å². The number of amides is 1. The number of H-pyrrole nitrogens is 1. The van der Waals surface area contributed by atoms with Gasteiger partial charge in [0.05, 0.1) is 0 Å². The molecule has 0 unspecified atom stereocenters. The Kier molecular flexibility index (Phi) is 2.47. The van der Waals surface area contributed by atoms with E-state index in [0.717, 1.165) is 17.7 Å². The lowest BCUT2D eigenvalue weighted by molar-refractivity contribution is -0.114. The molecule has 1 aromatic heterocycles. The van der Waals surface area contributed by atoms with Gasteiger partial charge < -0.3 is 5.32 Å². The van der Waals surface area contributed by atoms with Crippen molar-refractivity contribution in [2.75, 3.05) is 5.32 Å². The lowest BCUT2D eigenvalue weighted by Crippen LogP contribution is -2.07. The molecule has 0 aromatic carbocycles. The van der Waals surface area contributed by atoms with Crippen LogP contribution < -0.4 is 5.32 Å². The number of hydrogen-bond acceptors (Lipinski definition) is 2. The molecule has 0 saturated carbocycles. The van der Waals surface area contributed by atoms with Gasteiger partial charge in [0, 0.05) is 18.2 Å². The molecule has 0 radical (unpaired) electrons. The van der Waals surface area contributed by atoms with Crippen LogP contribution in [0.2, 0.25) is 0 Å². The number of aromatic nitrogens is 2. The second-order valence-electron chi connectivity index (χ2n) is 2.71. The first-order valence-electron chi connectivity index (χ1n) is 3.96. The number of hydrogen-bond donors (Lipinski definition) is 2. The van der Waals surface area contributed by atoms with Gasteiger partial charge >= 0.3 is 0 Å². The molecule has 1 heterocycles. The molecule has 1 rings (SSSR count). The second-order valence-corrected chi connectivity index (χ2v) is 2.71. The molecule has 4 nitrogen and oxygen atoms in total. The summed E-state index contributed by atoms with van der Waals surface area (Å²) < 4.78 is 0. The van der Waals surface area contributed by atoms with Crippen LogP contribution in [0.3, 0.4) is 0 Å². The van der Waals surface area contributed by atoms with Crippen molar-refractivity contribution in [3.05, 3.63) is 11.3 Å². The van der Waals surface area contributed by atoms with Crippen molar-refractivity contribution in [3.63, 3.8) is 0 Å². The van der Waals surface area contributed by atoms with Gasteiger partial charge in [-0.15, -0.1) is 0 Å². The number of carbonyl (C=O) groups is 1. The highest BCUT2D eigenvalue weighted by Gasteiger charge is 2.07. The van der Waals surface area contributed by atoms with Crippen LogP contribution in [-0.4, -0.2) is 16.1 Å². The van der Waals surface area contributed by atoms with E-state index >= 15 is 0 Å². The summed E-state index contributed by atoms with van der Waals surface area (Å²) in [6.45, 7) is 5.45. The molecule has 0 spiro atoms. The Balaban J connectivity index is 2.87. The maximum atomic E-state index is 10.7. The van der Waals surface area contributed by atoms with Gasteiger partial charge in [-0.1, -0.05) is 6.92 Å². The fourth-order valence-corrected chi connectivity index (χ4v) is 1.07. The largest absolute Gasteiger partial charge is 0.309 e. The molecule has 0 atom stereocenters.